The molecular formula is C112H99EuNO14+3. The Labute approximate surface area is 789 Å². The van der Waals surface area contributed by atoms with Crippen LogP contribution in [0.1, 0.15) is 94.7 Å². The Morgan fingerprint density at radius 1 is 0.148 bits per heavy atom. The van der Waals surface area contributed by atoms with Crippen molar-refractivity contribution in [3.8, 4) is 80.5 Å². The number of aryl methyl sites for hydroxylation is 3. The van der Waals surface area contributed by atoms with Crippen molar-refractivity contribution in [3.05, 3.63) is 483 Å². The van der Waals surface area contributed by atoms with Crippen LogP contribution in [-0.2, 0) is 105 Å². The molecule has 1 heterocycles. The van der Waals surface area contributed by atoms with Crippen LogP contribution in [0.5, 0.6) is 80.5 Å². The summed E-state index contributed by atoms with van der Waals surface area (Å²) in [5, 5.41) is 0. The van der Waals surface area contributed by atoms with Gasteiger partial charge in [0.2, 0.25) is 0 Å². The van der Waals surface area contributed by atoms with Gasteiger partial charge in [-0.15, -0.1) is 0 Å². The number of aromatic nitrogens is 1. The van der Waals surface area contributed by atoms with Gasteiger partial charge in [0, 0.05) is 54.4 Å². The fourth-order valence-electron chi connectivity index (χ4n) is 14.2. The smallest absolute Gasteiger partial charge is 0.489 e. The zero-order valence-electron chi connectivity index (χ0n) is 71.3. The number of hydrogen-bond acceptors (Lipinski definition) is 15. The predicted octanol–water partition coefficient (Wildman–Crippen LogP) is 25.3. The molecule has 16 rings (SSSR count). The summed E-state index contributed by atoms with van der Waals surface area (Å²) < 4.78 is 93.0. The number of pyridine rings is 1. The Balaban J connectivity index is 0.0000126. The molecule has 0 aliphatic heterocycles. The molecule has 0 spiro atoms. The minimum absolute atomic E-state index is 0. The Morgan fingerprint density at radius 2 is 0.289 bits per heavy atom. The largest absolute Gasteiger partial charge is 3.00 e. The molecule has 15 aromatic carbocycles. The molecule has 0 bridgehead atoms. The van der Waals surface area contributed by atoms with Crippen LogP contribution in [0.2, 0.25) is 0 Å². The van der Waals surface area contributed by atoms with Gasteiger partial charge in [0.05, 0.1) is 0 Å². The molecule has 0 saturated heterocycles. The summed E-state index contributed by atoms with van der Waals surface area (Å²) >= 11 is 0. The molecule has 0 atom stereocenters. The van der Waals surface area contributed by atoms with Gasteiger partial charge in [0.25, 0.3) is 0 Å². The number of rotatable bonds is 45. The van der Waals surface area contributed by atoms with Crippen LogP contribution in [0.4, 0.5) is 0 Å². The first-order valence-electron chi connectivity index (χ1n) is 42.6. The van der Waals surface area contributed by atoms with Crippen molar-refractivity contribution in [1.82, 2.24) is 4.98 Å². The maximum absolute atomic E-state index is 6.98. The van der Waals surface area contributed by atoms with E-state index in [1.165, 1.54) is 0 Å². The van der Waals surface area contributed by atoms with Crippen molar-refractivity contribution in [1.29, 1.82) is 0 Å². The van der Waals surface area contributed by atoms with Crippen molar-refractivity contribution in [3.63, 3.8) is 0 Å². The van der Waals surface area contributed by atoms with Gasteiger partial charge < -0.3 is 66.3 Å². The molecule has 0 radical (unpaired) electrons. The van der Waals surface area contributed by atoms with E-state index in [0.717, 1.165) is 101 Å². The molecule has 0 aliphatic rings. The van der Waals surface area contributed by atoms with Gasteiger partial charge >= 0.3 is 49.4 Å². The zero-order chi connectivity index (χ0) is 86.1. The third kappa shape index (κ3) is 28.9. The van der Waals surface area contributed by atoms with E-state index in [1.807, 2.05) is 371 Å². The topological polar surface area (TPSA) is 142 Å². The van der Waals surface area contributed by atoms with Crippen molar-refractivity contribution < 1.29 is 116 Å². The quantitative estimate of drug-likeness (QED) is 0.0357. The summed E-state index contributed by atoms with van der Waals surface area (Å²) in [5.74, 6) is 8.48. The van der Waals surface area contributed by atoms with Gasteiger partial charge in [0.1, 0.15) is 173 Å². The molecule has 16 aromatic rings. The van der Waals surface area contributed by atoms with Gasteiger partial charge in [-0.3, -0.25) is 4.98 Å². The number of ether oxygens (including phenoxy) is 14. The molecular weight excluding hydrogens is 1740 g/mol. The van der Waals surface area contributed by atoms with Crippen molar-refractivity contribution in [2.45, 2.75) is 112 Å². The van der Waals surface area contributed by atoms with E-state index in [0.29, 0.717) is 140 Å². The van der Waals surface area contributed by atoms with E-state index >= 15 is 0 Å². The summed E-state index contributed by atoms with van der Waals surface area (Å²) in [5.41, 5.74) is 16.3. The van der Waals surface area contributed by atoms with Crippen molar-refractivity contribution >= 4 is 0 Å². The number of hydrogen-bond donors (Lipinski definition) is 0. The summed E-state index contributed by atoms with van der Waals surface area (Å²) in [7, 11) is 0. The first kappa shape index (κ1) is 89.1. The second-order valence-corrected chi connectivity index (χ2v) is 30.9. The van der Waals surface area contributed by atoms with Gasteiger partial charge in [0.15, 0.2) is 0 Å². The van der Waals surface area contributed by atoms with E-state index in [-0.39, 0.29) is 89.0 Å². The molecule has 1 aromatic heterocycles. The van der Waals surface area contributed by atoms with E-state index in [1.54, 1.807) is 0 Å². The molecule has 15 nitrogen and oxygen atoms in total. The van der Waals surface area contributed by atoms with Crippen LogP contribution >= 0.6 is 0 Å². The summed E-state index contributed by atoms with van der Waals surface area (Å²) in [6.07, 6.45) is 3.27. The first-order chi connectivity index (χ1) is 62.6. The molecule has 0 fully saturated rings. The number of benzene rings is 15. The Hall–Kier alpha value is -13.8. The predicted molar refractivity (Wildman–Crippen MR) is 494 cm³/mol. The summed E-state index contributed by atoms with van der Waals surface area (Å²) in [6, 6.07) is 126. The molecule has 640 valence electrons. The Morgan fingerprint density at radius 3 is 0.445 bits per heavy atom. The molecule has 16 heteroatoms. The van der Waals surface area contributed by atoms with Crippen LogP contribution < -0.4 is 66.3 Å². The number of nitrogens with zero attached hydrogens (tertiary/aromatic N) is 1. The van der Waals surface area contributed by atoms with Crippen molar-refractivity contribution in [2.24, 2.45) is 0 Å². The van der Waals surface area contributed by atoms with Crippen LogP contribution in [-0.4, -0.2) is 4.98 Å². The molecule has 0 saturated carbocycles. The molecule has 0 aliphatic carbocycles. The first-order valence-corrected chi connectivity index (χ1v) is 42.6. The summed E-state index contributed by atoms with van der Waals surface area (Å²) in [4.78, 5) is 4.50. The van der Waals surface area contributed by atoms with Gasteiger partial charge in [-0.25, -0.2) is 0 Å². The average Bonchev–Trinajstić information content (AvgIpc) is 0.841. The normalized spacial score (nSPS) is 10.8. The maximum atomic E-state index is 6.98. The van der Waals surface area contributed by atoms with Crippen LogP contribution in [0.15, 0.2) is 388 Å². The standard InChI is InChI=1S/C112H99NO14.Eu/c1-82-46-83(44-45-113-82)42-43-92-47-99(122-76-97-57-109(124-78-93-49-101(114-68-84-26-10-2-11-27-84)62-102(50-93)115-69-85-28-12-3-13-29-85)66-110(58-97)125-79-94-51-103(116-70-86-30-14-4-15-31-86)63-104(52-94)117-71-87-32-16-5-17-33-87)61-100(48-92)123-77-98-59-111(126-80-95-53-105(118-72-88-34-18-6-19-35-88)64-106(54-95)119-73-89-36-20-7-21-37-89)67-112(60-98)127-81-96-55-107(120-74-90-38-22-8-23-39-90)65-108(56-96)121-75-91-40-24-9-25-41-91;/h2-41,44-67H,42-43,68-81H2,1H3;/q;+3. The van der Waals surface area contributed by atoms with E-state index in [4.69, 9.17) is 66.3 Å². The van der Waals surface area contributed by atoms with E-state index in [9.17, 15) is 0 Å². The van der Waals surface area contributed by atoms with Crippen LogP contribution in [0.3, 0.4) is 0 Å². The molecule has 0 amide bonds. The Bertz CT molecular complexity index is 5220. The minimum Gasteiger partial charge on any atom is -0.489 e. The van der Waals surface area contributed by atoms with E-state index < -0.39 is 0 Å². The Kier molecular flexibility index (Phi) is 32.7. The zero-order valence-corrected chi connectivity index (χ0v) is 73.7. The van der Waals surface area contributed by atoms with Gasteiger partial charge in [-0.2, -0.15) is 0 Å². The molecule has 128 heavy (non-hydrogen) atoms. The van der Waals surface area contributed by atoms with E-state index in [2.05, 4.69) is 29.2 Å². The SMILES string of the molecule is Cc1cc(CCc2cc(OCc3cc(OCc4cc(OCc5ccccc5)cc(OCc5ccccc5)c4)cc(OCc4cc(OCc5ccccc5)cc(OCc5ccccc5)c4)c3)cc(OCc3cc(OCc4cc(OCc5ccccc5)cc(OCc5ccccc5)c4)cc(OCc4cc(OCc5ccccc5)cc(OCc5ccccc5)c4)c3)c2)ccn1.[Eu+3]. The molecule has 0 unspecified atom stereocenters. The fraction of sp³-hybridized carbons (Fsp3) is 0.152. The third-order valence-electron chi connectivity index (χ3n) is 20.7. The second kappa shape index (κ2) is 47.0. The van der Waals surface area contributed by atoms with Crippen molar-refractivity contribution in [2.75, 3.05) is 0 Å². The third-order valence-corrected chi connectivity index (χ3v) is 20.7. The fourth-order valence-corrected chi connectivity index (χ4v) is 14.2. The molecule has 0 N–H and O–H groups in total. The monoisotopic (exact) mass is 1830 g/mol. The van der Waals surface area contributed by atoms with Gasteiger partial charge in [-0.1, -0.05) is 243 Å². The second-order valence-electron chi connectivity index (χ2n) is 30.9. The minimum atomic E-state index is 0. The maximum Gasteiger partial charge on any atom is 3.00 e. The average molecular weight is 1830 g/mol. The summed E-state index contributed by atoms with van der Waals surface area (Å²) in [6.45, 7) is 5.83. The van der Waals surface area contributed by atoms with Crippen LogP contribution in [0.25, 0.3) is 0 Å². The van der Waals surface area contributed by atoms with Crippen LogP contribution in [0, 0.1) is 56.3 Å². The van der Waals surface area contributed by atoms with Gasteiger partial charge in [-0.05, 0) is 206 Å².